The second-order valence-corrected chi connectivity index (χ2v) is 4.61. The van der Waals surface area contributed by atoms with Crippen LogP contribution in [0.5, 0.6) is 0 Å². The van der Waals surface area contributed by atoms with Crippen LogP contribution in [0.15, 0.2) is 42.5 Å². The van der Waals surface area contributed by atoms with Crippen LogP contribution in [0.1, 0.15) is 5.56 Å². The van der Waals surface area contributed by atoms with Gasteiger partial charge in [-0.2, -0.15) is 0 Å². The molecule has 5 nitrogen and oxygen atoms in total. The Morgan fingerprint density at radius 3 is 2.74 bits per heavy atom. The van der Waals surface area contributed by atoms with E-state index in [4.69, 9.17) is 9.84 Å². The number of carbonyl (C=O) groups is 1. The third-order valence-corrected chi connectivity index (χ3v) is 3.11. The number of amides is 1. The highest BCUT2D eigenvalue weighted by molar-refractivity contribution is 5.64. The fourth-order valence-electron chi connectivity index (χ4n) is 2.17. The standard InChI is InChI=1S/C14H17NO4/c16-13(17)15-10-14(18,12-7-4-8-19-12)9-11-5-2-1-3-6-11/h1-7,12,15,18H,8-10H2,(H,16,17)/t12-,14+/m0/s1. The average Bonchev–Trinajstić information content (AvgIpc) is 2.92. The van der Waals surface area contributed by atoms with Gasteiger partial charge in [0.2, 0.25) is 0 Å². The van der Waals surface area contributed by atoms with Gasteiger partial charge in [-0.15, -0.1) is 0 Å². The summed E-state index contributed by atoms with van der Waals surface area (Å²) in [7, 11) is 0. The molecule has 3 N–H and O–H groups in total. The number of carboxylic acid groups (broad SMARTS) is 1. The molecule has 0 bridgehead atoms. The van der Waals surface area contributed by atoms with Crippen LogP contribution in [0.3, 0.4) is 0 Å². The number of hydrogen-bond donors (Lipinski definition) is 3. The van der Waals surface area contributed by atoms with Gasteiger partial charge < -0.3 is 20.3 Å². The Bertz CT molecular complexity index is 460. The Hall–Kier alpha value is -1.85. The molecule has 0 fully saturated rings. The maximum atomic E-state index is 10.7. The first kappa shape index (κ1) is 13.6. The van der Waals surface area contributed by atoms with Crippen LogP contribution in [0.4, 0.5) is 4.79 Å². The van der Waals surface area contributed by atoms with E-state index in [2.05, 4.69) is 5.32 Å². The number of hydrogen-bond acceptors (Lipinski definition) is 3. The largest absolute Gasteiger partial charge is 0.465 e. The third kappa shape index (κ3) is 3.56. The van der Waals surface area contributed by atoms with Gasteiger partial charge in [-0.3, -0.25) is 0 Å². The number of nitrogens with one attached hydrogen (secondary N) is 1. The maximum Gasteiger partial charge on any atom is 0.404 e. The van der Waals surface area contributed by atoms with Crippen molar-refractivity contribution in [2.75, 3.05) is 13.2 Å². The predicted molar refractivity (Wildman–Crippen MR) is 70.0 cm³/mol. The minimum absolute atomic E-state index is 0.0771. The SMILES string of the molecule is O=C(O)NC[C@](O)(Cc1ccccc1)[C@@H]1C=CCO1. The van der Waals surface area contributed by atoms with Crippen LogP contribution < -0.4 is 5.32 Å². The van der Waals surface area contributed by atoms with Crippen molar-refractivity contribution in [1.29, 1.82) is 0 Å². The molecule has 5 heteroatoms. The zero-order valence-corrected chi connectivity index (χ0v) is 10.5. The normalized spacial score (nSPS) is 21.0. The summed E-state index contributed by atoms with van der Waals surface area (Å²) in [6, 6.07) is 9.44. The summed E-state index contributed by atoms with van der Waals surface area (Å²) in [6.45, 7) is 0.362. The topological polar surface area (TPSA) is 78.8 Å². The van der Waals surface area contributed by atoms with Crippen LogP contribution in [-0.2, 0) is 11.2 Å². The van der Waals surface area contributed by atoms with E-state index in [-0.39, 0.29) is 6.54 Å². The molecule has 2 atom stereocenters. The van der Waals surface area contributed by atoms with Crippen LogP contribution in [0.2, 0.25) is 0 Å². The smallest absolute Gasteiger partial charge is 0.404 e. The van der Waals surface area contributed by atoms with E-state index in [1.165, 1.54) is 0 Å². The fourth-order valence-corrected chi connectivity index (χ4v) is 2.17. The zero-order chi connectivity index (χ0) is 13.7. The van der Waals surface area contributed by atoms with Gasteiger partial charge in [0, 0.05) is 6.42 Å². The molecule has 0 unspecified atom stereocenters. The molecule has 0 spiro atoms. The van der Waals surface area contributed by atoms with Crippen molar-refractivity contribution in [1.82, 2.24) is 5.32 Å². The number of benzene rings is 1. The molecule has 0 radical (unpaired) electrons. The van der Waals surface area contributed by atoms with Gasteiger partial charge in [-0.25, -0.2) is 4.79 Å². The molecular weight excluding hydrogens is 246 g/mol. The highest BCUT2D eigenvalue weighted by atomic mass is 16.5. The van der Waals surface area contributed by atoms with Crippen molar-refractivity contribution < 1.29 is 19.7 Å². The Morgan fingerprint density at radius 2 is 2.16 bits per heavy atom. The van der Waals surface area contributed by atoms with Gasteiger partial charge in [0.25, 0.3) is 0 Å². The van der Waals surface area contributed by atoms with Gasteiger partial charge in [0.05, 0.1) is 13.2 Å². The monoisotopic (exact) mass is 263 g/mol. The highest BCUT2D eigenvalue weighted by Gasteiger charge is 2.38. The summed E-state index contributed by atoms with van der Waals surface area (Å²) in [5.41, 5.74) is -0.353. The van der Waals surface area contributed by atoms with Crippen molar-refractivity contribution in [2.45, 2.75) is 18.1 Å². The minimum atomic E-state index is -1.28. The van der Waals surface area contributed by atoms with E-state index in [1.54, 1.807) is 6.08 Å². The molecule has 1 aromatic rings. The lowest BCUT2D eigenvalue weighted by Gasteiger charge is -2.32. The Balaban J connectivity index is 2.13. The van der Waals surface area contributed by atoms with Gasteiger partial charge >= 0.3 is 6.09 Å². The molecule has 19 heavy (non-hydrogen) atoms. The van der Waals surface area contributed by atoms with Gasteiger partial charge in [-0.1, -0.05) is 42.5 Å². The second-order valence-electron chi connectivity index (χ2n) is 4.61. The predicted octanol–water partition coefficient (Wildman–Crippen LogP) is 1.18. The van der Waals surface area contributed by atoms with Crippen LogP contribution in [-0.4, -0.2) is 41.2 Å². The van der Waals surface area contributed by atoms with Crippen molar-refractivity contribution in [2.24, 2.45) is 0 Å². The molecule has 1 aliphatic heterocycles. The van der Waals surface area contributed by atoms with Crippen molar-refractivity contribution in [3.8, 4) is 0 Å². The van der Waals surface area contributed by atoms with Crippen LogP contribution in [0.25, 0.3) is 0 Å². The summed E-state index contributed by atoms with van der Waals surface area (Å²) in [5, 5.41) is 21.7. The zero-order valence-electron chi connectivity index (χ0n) is 10.5. The van der Waals surface area contributed by atoms with Gasteiger partial charge in [0.15, 0.2) is 0 Å². The number of rotatable bonds is 5. The van der Waals surface area contributed by atoms with E-state index in [1.807, 2.05) is 36.4 Å². The van der Waals surface area contributed by atoms with E-state index in [0.717, 1.165) is 5.56 Å². The molecule has 1 heterocycles. The molecule has 0 saturated carbocycles. The summed E-state index contributed by atoms with van der Waals surface area (Å²) in [4.78, 5) is 10.6. The lowest BCUT2D eigenvalue weighted by Crippen LogP contribution is -2.52. The number of ether oxygens (including phenoxy) is 1. The first-order chi connectivity index (χ1) is 9.10. The van der Waals surface area contributed by atoms with Gasteiger partial charge in [-0.05, 0) is 5.56 Å². The van der Waals surface area contributed by atoms with E-state index in [9.17, 15) is 9.90 Å². The minimum Gasteiger partial charge on any atom is -0.465 e. The highest BCUT2D eigenvalue weighted by Crippen LogP contribution is 2.23. The molecule has 102 valence electrons. The molecule has 1 aliphatic rings. The molecule has 2 rings (SSSR count). The first-order valence-corrected chi connectivity index (χ1v) is 6.11. The molecule has 1 amide bonds. The molecule has 0 saturated heterocycles. The van der Waals surface area contributed by atoms with E-state index in [0.29, 0.717) is 13.0 Å². The van der Waals surface area contributed by atoms with Crippen molar-refractivity contribution in [3.63, 3.8) is 0 Å². The Morgan fingerprint density at radius 1 is 1.42 bits per heavy atom. The van der Waals surface area contributed by atoms with Crippen molar-refractivity contribution >= 4 is 6.09 Å². The Labute approximate surface area is 111 Å². The second kappa shape index (κ2) is 5.86. The first-order valence-electron chi connectivity index (χ1n) is 6.11. The lowest BCUT2D eigenvalue weighted by atomic mass is 9.89. The summed E-state index contributed by atoms with van der Waals surface area (Å²) in [5.74, 6) is 0. The fraction of sp³-hybridized carbons (Fsp3) is 0.357. The Kier molecular flexibility index (Phi) is 4.19. The van der Waals surface area contributed by atoms with Crippen LogP contribution >= 0.6 is 0 Å². The van der Waals surface area contributed by atoms with Crippen molar-refractivity contribution in [3.05, 3.63) is 48.0 Å². The van der Waals surface area contributed by atoms with Gasteiger partial charge in [0.1, 0.15) is 11.7 Å². The molecule has 0 aromatic heterocycles. The maximum absolute atomic E-state index is 10.7. The summed E-state index contributed by atoms with van der Waals surface area (Å²) < 4.78 is 5.43. The van der Waals surface area contributed by atoms with E-state index < -0.39 is 17.8 Å². The lowest BCUT2D eigenvalue weighted by molar-refractivity contribution is -0.0686. The third-order valence-electron chi connectivity index (χ3n) is 3.11. The van der Waals surface area contributed by atoms with Crippen LogP contribution in [0, 0.1) is 0 Å². The van der Waals surface area contributed by atoms with E-state index >= 15 is 0 Å². The quantitative estimate of drug-likeness (QED) is 0.697. The summed E-state index contributed by atoms with van der Waals surface area (Å²) >= 11 is 0. The summed E-state index contributed by atoms with van der Waals surface area (Å²) in [6.07, 6.45) is 2.25. The number of aliphatic hydroxyl groups is 1. The molecule has 0 aliphatic carbocycles. The average molecular weight is 263 g/mol. The molecular formula is C14H17NO4. The molecule has 1 aromatic carbocycles.